The minimum Gasteiger partial charge on any atom is -0.373 e. The third-order valence-electron chi connectivity index (χ3n) is 4.42. The molecule has 136 valence electrons. The maximum atomic E-state index is 12.6. The molecule has 0 bridgehead atoms. The van der Waals surface area contributed by atoms with E-state index in [9.17, 15) is 4.79 Å². The average molecular weight is 356 g/mol. The maximum Gasteiger partial charge on any atom is 0.163 e. The summed E-state index contributed by atoms with van der Waals surface area (Å²) in [5.41, 5.74) is 3.05. The van der Waals surface area contributed by atoms with Crippen LogP contribution in [0.4, 0.5) is 0 Å². The zero-order valence-corrected chi connectivity index (χ0v) is 15.3. The summed E-state index contributed by atoms with van der Waals surface area (Å²) in [4.78, 5) is 12.6. The number of ketones is 1. The summed E-state index contributed by atoms with van der Waals surface area (Å²) in [5.74, 6) is 0.193. The van der Waals surface area contributed by atoms with Crippen molar-refractivity contribution >= 4 is 5.78 Å². The first-order valence-electron chi connectivity index (χ1n) is 9.24. The van der Waals surface area contributed by atoms with E-state index < -0.39 is 0 Å². The highest BCUT2D eigenvalue weighted by Gasteiger charge is 2.14. The zero-order valence-electron chi connectivity index (χ0n) is 15.3. The molecule has 27 heavy (non-hydrogen) atoms. The summed E-state index contributed by atoms with van der Waals surface area (Å²) in [5, 5.41) is 0. The SMILES string of the molecule is O=C(C[C@@H](/C=C/COCc1ccccc1)c1ccccc1)c1ccccc1. The molecule has 0 N–H and O–H groups in total. The molecule has 0 aliphatic rings. The Morgan fingerprint density at radius 1 is 0.815 bits per heavy atom. The Morgan fingerprint density at radius 3 is 2.07 bits per heavy atom. The molecule has 0 unspecified atom stereocenters. The largest absolute Gasteiger partial charge is 0.373 e. The molecule has 0 radical (unpaired) electrons. The molecular weight excluding hydrogens is 332 g/mol. The molecule has 0 aliphatic heterocycles. The Kier molecular flexibility index (Phi) is 7.14. The van der Waals surface area contributed by atoms with Gasteiger partial charge in [0.15, 0.2) is 5.78 Å². The van der Waals surface area contributed by atoms with Gasteiger partial charge in [0, 0.05) is 17.9 Å². The Labute approximate surface area is 161 Å². The Bertz CT molecular complexity index is 839. The highest BCUT2D eigenvalue weighted by atomic mass is 16.5. The number of benzene rings is 3. The standard InChI is InChI=1S/C25H24O2/c26-25(23-15-8-3-9-16-23)19-24(22-13-6-2-7-14-22)17-10-18-27-20-21-11-4-1-5-12-21/h1-17,24H,18-20H2/b17-10+/t24-/m1/s1. The average Bonchev–Trinajstić information content (AvgIpc) is 2.74. The topological polar surface area (TPSA) is 26.3 Å². The van der Waals surface area contributed by atoms with Crippen molar-refractivity contribution < 1.29 is 9.53 Å². The summed E-state index contributed by atoms with van der Waals surface area (Å²) in [7, 11) is 0. The van der Waals surface area contributed by atoms with E-state index in [0.29, 0.717) is 19.6 Å². The lowest BCUT2D eigenvalue weighted by Crippen LogP contribution is -2.06. The molecule has 0 aliphatic carbocycles. The van der Waals surface area contributed by atoms with Crippen LogP contribution in [0.1, 0.15) is 33.8 Å². The predicted octanol–water partition coefficient (Wildman–Crippen LogP) is 5.82. The van der Waals surface area contributed by atoms with Crippen LogP contribution >= 0.6 is 0 Å². The van der Waals surface area contributed by atoms with Crippen LogP contribution in [0.5, 0.6) is 0 Å². The van der Waals surface area contributed by atoms with Gasteiger partial charge in [-0.1, -0.05) is 103 Å². The quantitative estimate of drug-likeness (QED) is 0.274. The van der Waals surface area contributed by atoms with Crippen molar-refractivity contribution in [3.05, 3.63) is 120 Å². The van der Waals surface area contributed by atoms with Crippen LogP contribution in [0.15, 0.2) is 103 Å². The normalized spacial score (nSPS) is 12.1. The van der Waals surface area contributed by atoms with E-state index >= 15 is 0 Å². The molecule has 0 aromatic heterocycles. The van der Waals surface area contributed by atoms with Crippen molar-refractivity contribution in [2.24, 2.45) is 0 Å². The van der Waals surface area contributed by atoms with E-state index in [-0.39, 0.29) is 11.7 Å². The van der Waals surface area contributed by atoms with E-state index in [1.807, 2.05) is 72.8 Å². The lowest BCUT2D eigenvalue weighted by atomic mass is 9.91. The van der Waals surface area contributed by atoms with Gasteiger partial charge in [0.2, 0.25) is 0 Å². The second-order valence-electron chi connectivity index (χ2n) is 6.44. The summed E-state index contributed by atoms with van der Waals surface area (Å²) in [6, 6.07) is 29.7. The number of hydrogen-bond donors (Lipinski definition) is 0. The minimum absolute atomic E-state index is 0.0410. The third kappa shape index (κ3) is 6.05. The fourth-order valence-electron chi connectivity index (χ4n) is 2.98. The van der Waals surface area contributed by atoms with E-state index in [1.165, 1.54) is 0 Å². The van der Waals surface area contributed by atoms with Crippen LogP contribution < -0.4 is 0 Å². The lowest BCUT2D eigenvalue weighted by molar-refractivity contribution is 0.0978. The van der Waals surface area contributed by atoms with Gasteiger partial charge in [-0.2, -0.15) is 0 Å². The van der Waals surface area contributed by atoms with Gasteiger partial charge >= 0.3 is 0 Å². The van der Waals surface area contributed by atoms with Crippen LogP contribution in [0.3, 0.4) is 0 Å². The molecule has 0 fully saturated rings. The number of ether oxygens (including phenoxy) is 1. The molecule has 2 heteroatoms. The number of allylic oxidation sites excluding steroid dienone is 1. The number of hydrogen-bond acceptors (Lipinski definition) is 2. The summed E-state index contributed by atoms with van der Waals surface area (Å²) in [6.45, 7) is 1.11. The van der Waals surface area contributed by atoms with Crippen LogP contribution in [0, 0.1) is 0 Å². The molecule has 1 atom stereocenters. The Morgan fingerprint density at radius 2 is 1.41 bits per heavy atom. The first-order chi connectivity index (χ1) is 13.3. The lowest BCUT2D eigenvalue weighted by Gasteiger charge is -2.13. The second kappa shape index (κ2) is 10.2. The van der Waals surface area contributed by atoms with Crippen LogP contribution in [-0.4, -0.2) is 12.4 Å². The minimum atomic E-state index is 0.0410. The van der Waals surface area contributed by atoms with E-state index in [2.05, 4.69) is 30.3 Å². The van der Waals surface area contributed by atoms with Gasteiger partial charge in [-0.15, -0.1) is 0 Å². The van der Waals surface area contributed by atoms with Gasteiger partial charge in [0.05, 0.1) is 13.2 Å². The first-order valence-corrected chi connectivity index (χ1v) is 9.24. The smallest absolute Gasteiger partial charge is 0.163 e. The van der Waals surface area contributed by atoms with Crippen molar-refractivity contribution in [3.63, 3.8) is 0 Å². The van der Waals surface area contributed by atoms with Crippen molar-refractivity contribution in [2.75, 3.05) is 6.61 Å². The third-order valence-corrected chi connectivity index (χ3v) is 4.42. The predicted molar refractivity (Wildman–Crippen MR) is 110 cm³/mol. The van der Waals surface area contributed by atoms with E-state index in [1.54, 1.807) is 0 Å². The summed E-state index contributed by atoms with van der Waals surface area (Å²) >= 11 is 0. The van der Waals surface area contributed by atoms with Crippen LogP contribution in [0.2, 0.25) is 0 Å². The molecule has 0 saturated heterocycles. The van der Waals surface area contributed by atoms with E-state index in [0.717, 1.165) is 16.7 Å². The molecule has 0 saturated carbocycles. The van der Waals surface area contributed by atoms with Gasteiger partial charge in [-0.05, 0) is 11.1 Å². The summed E-state index contributed by atoms with van der Waals surface area (Å²) < 4.78 is 5.72. The van der Waals surface area contributed by atoms with Gasteiger partial charge in [0.1, 0.15) is 0 Å². The van der Waals surface area contributed by atoms with Crippen molar-refractivity contribution in [1.82, 2.24) is 0 Å². The van der Waals surface area contributed by atoms with Gasteiger partial charge < -0.3 is 4.74 Å². The van der Waals surface area contributed by atoms with Gasteiger partial charge in [0.25, 0.3) is 0 Å². The number of Topliss-reactive ketones (excluding diaryl/α,β-unsaturated/α-hetero) is 1. The number of carbonyl (C=O) groups is 1. The molecule has 0 amide bonds. The number of carbonyl (C=O) groups excluding carboxylic acids is 1. The van der Waals surface area contributed by atoms with Crippen molar-refractivity contribution in [3.8, 4) is 0 Å². The maximum absolute atomic E-state index is 12.6. The van der Waals surface area contributed by atoms with Gasteiger partial charge in [-0.25, -0.2) is 0 Å². The number of rotatable bonds is 9. The summed E-state index contributed by atoms with van der Waals surface area (Å²) in [6.07, 6.45) is 4.54. The molecule has 3 aromatic rings. The monoisotopic (exact) mass is 356 g/mol. The van der Waals surface area contributed by atoms with Crippen LogP contribution in [0.25, 0.3) is 0 Å². The Balaban J connectivity index is 1.61. The molecule has 3 aromatic carbocycles. The first kappa shape index (κ1) is 18.8. The van der Waals surface area contributed by atoms with E-state index in [4.69, 9.17) is 4.74 Å². The molecule has 2 nitrogen and oxygen atoms in total. The fraction of sp³-hybridized carbons (Fsp3) is 0.160. The van der Waals surface area contributed by atoms with Crippen LogP contribution in [-0.2, 0) is 11.3 Å². The Hall–Kier alpha value is -2.97. The molecule has 0 spiro atoms. The molecule has 0 heterocycles. The molecule has 3 rings (SSSR count). The van der Waals surface area contributed by atoms with Crippen molar-refractivity contribution in [1.29, 1.82) is 0 Å². The zero-order chi connectivity index (χ0) is 18.7. The fourth-order valence-corrected chi connectivity index (χ4v) is 2.98. The van der Waals surface area contributed by atoms with Gasteiger partial charge in [-0.3, -0.25) is 4.79 Å². The van der Waals surface area contributed by atoms with Crippen molar-refractivity contribution in [2.45, 2.75) is 18.9 Å². The molecular formula is C25H24O2. The highest BCUT2D eigenvalue weighted by molar-refractivity contribution is 5.96. The second-order valence-corrected chi connectivity index (χ2v) is 6.44. The highest BCUT2D eigenvalue weighted by Crippen LogP contribution is 2.23.